The van der Waals surface area contributed by atoms with Crippen LogP contribution in [-0.2, 0) is 11.2 Å². The molecular weight excluding hydrogens is 288 g/mol. The first kappa shape index (κ1) is 15.6. The molecule has 1 atom stereocenters. The Kier molecular flexibility index (Phi) is 4.72. The molecule has 0 saturated heterocycles. The summed E-state index contributed by atoms with van der Waals surface area (Å²) < 4.78 is 1.68. The number of nitrogens with zero attached hydrogens (tertiary/aromatic N) is 4. The Labute approximate surface area is 127 Å². The average Bonchev–Trinajstić information content (AvgIpc) is 2.97. The van der Waals surface area contributed by atoms with Gasteiger partial charge in [-0.25, -0.2) is 4.68 Å². The first-order valence-corrected chi connectivity index (χ1v) is 7.79. The number of carbonyl (C=O) groups is 1. The Morgan fingerprint density at radius 3 is 2.81 bits per heavy atom. The summed E-state index contributed by atoms with van der Waals surface area (Å²) in [5.74, 6) is -0.120. The molecule has 114 valence electrons. The van der Waals surface area contributed by atoms with Crippen LogP contribution in [0.1, 0.15) is 51.0 Å². The van der Waals surface area contributed by atoms with Crippen LogP contribution in [0.2, 0.25) is 0 Å². The molecule has 0 aliphatic rings. The van der Waals surface area contributed by atoms with Gasteiger partial charge in [0.05, 0.1) is 12.5 Å². The molecule has 2 aromatic heterocycles. The number of thiophene rings is 1. The number of hydrogen-bond donors (Lipinski definition) is 1. The van der Waals surface area contributed by atoms with Crippen LogP contribution in [0.25, 0.3) is 0 Å². The molecule has 0 spiro atoms. The summed E-state index contributed by atoms with van der Waals surface area (Å²) in [7, 11) is 0. The molecule has 2 aromatic rings. The maximum absolute atomic E-state index is 11.1. The van der Waals surface area contributed by atoms with Crippen molar-refractivity contribution in [3.05, 3.63) is 28.2 Å². The van der Waals surface area contributed by atoms with E-state index in [0.29, 0.717) is 18.7 Å². The van der Waals surface area contributed by atoms with Crippen LogP contribution >= 0.6 is 11.3 Å². The molecule has 6 nitrogen and oxygen atoms in total. The van der Waals surface area contributed by atoms with Crippen molar-refractivity contribution >= 4 is 17.3 Å². The van der Waals surface area contributed by atoms with E-state index in [1.807, 2.05) is 11.4 Å². The number of aromatic nitrogens is 4. The van der Waals surface area contributed by atoms with Crippen molar-refractivity contribution in [1.82, 2.24) is 20.2 Å². The van der Waals surface area contributed by atoms with Crippen LogP contribution in [-0.4, -0.2) is 31.3 Å². The predicted molar refractivity (Wildman–Crippen MR) is 80.3 cm³/mol. The molecular formula is C14H20N4O2S. The van der Waals surface area contributed by atoms with Crippen LogP contribution in [0.3, 0.4) is 0 Å². The van der Waals surface area contributed by atoms with Gasteiger partial charge >= 0.3 is 5.97 Å². The van der Waals surface area contributed by atoms with E-state index in [-0.39, 0.29) is 17.9 Å². The molecule has 21 heavy (non-hydrogen) atoms. The zero-order valence-electron chi connectivity index (χ0n) is 12.5. The predicted octanol–water partition coefficient (Wildman–Crippen LogP) is 2.78. The fourth-order valence-corrected chi connectivity index (χ4v) is 3.01. The van der Waals surface area contributed by atoms with Crippen LogP contribution in [0.4, 0.5) is 0 Å². The SMILES string of the molecule is CC(C)(C)CC(CC(=O)O)n1nnnc1Cc1ccsc1. The fraction of sp³-hybridized carbons (Fsp3) is 0.571. The number of carboxylic acid groups (broad SMARTS) is 1. The lowest BCUT2D eigenvalue weighted by Gasteiger charge is -2.25. The highest BCUT2D eigenvalue weighted by atomic mass is 32.1. The van der Waals surface area contributed by atoms with E-state index in [2.05, 4.69) is 41.7 Å². The van der Waals surface area contributed by atoms with Crippen LogP contribution in [0, 0.1) is 5.41 Å². The van der Waals surface area contributed by atoms with Gasteiger partial charge in [-0.05, 0) is 44.7 Å². The Bertz CT molecular complexity index is 586. The number of aliphatic carboxylic acids is 1. The molecule has 0 fully saturated rings. The van der Waals surface area contributed by atoms with Gasteiger partial charge in [0.2, 0.25) is 0 Å². The first-order valence-electron chi connectivity index (χ1n) is 6.85. The monoisotopic (exact) mass is 308 g/mol. The lowest BCUT2D eigenvalue weighted by atomic mass is 9.87. The van der Waals surface area contributed by atoms with Crippen molar-refractivity contribution < 1.29 is 9.90 Å². The molecule has 0 amide bonds. The van der Waals surface area contributed by atoms with Crippen molar-refractivity contribution in [1.29, 1.82) is 0 Å². The Morgan fingerprint density at radius 2 is 2.24 bits per heavy atom. The summed E-state index contributed by atoms with van der Waals surface area (Å²) in [5, 5.41) is 25.0. The Hall–Kier alpha value is -1.76. The molecule has 2 rings (SSSR count). The molecule has 0 bridgehead atoms. The van der Waals surface area contributed by atoms with Gasteiger partial charge in [0.25, 0.3) is 0 Å². The maximum atomic E-state index is 11.1. The van der Waals surface area contributed by atoms with Crippen LogP contribution in [0.15, 0.2) is 16.8 Å². The zero-order chi connectivity index (χ0) is 15.5. The molecule has 0 radical (unpaired) electrons. The number of tetrazole rings is 1. The second kappa shape index (κ2) is 6.34. The fourth-order valence-electron chi connectivity index (χ4n) is 2.34. The molecule has 7 heteroatoms. The van der Waals surface area contributed by atoms with Crippen LogP contribution in [0.5, 0.6) is 0 Å². The van der Waals surface area contributed by atoms with E-state index in [1.54, 1.807) is 16.0 Å². The first-order chi connectivity index (χ1) is 9.85. The van der Waals surface area contributed by atoms with Crippen molar-refractivity contribution in [2.45, 2.75) is 46.1 Å². The van der Waals surface area contributed by atoms with E-state index in [9.17, 15) is 4.79 Å². The Morgan fingerprint density at radius 1 is 1.48 bits per heavy atom. The Balaban J connectivity index is 2.23. The summed E-state index contributed by atoms with van der Waals surface area (Å²) in [5.41, 5.74) is 1.15. The highest BCUT2D eigenvalue weighted by Crippen LogP contribution is 2.30. The van der Waals surface area contributed by atoms with Crippen LogP contribution < -0.4 is 0 Å². The summed E-state index contributed by atoms with van der Waals surface area (Å²) in [6, 6.07) is 1.80. The number of rotatable bonds is 6. The maximum Gasteiger partial charge on any atom is 0.305 e. The number of carboxylic acids is 1. The summed E-state index contributed by atoms with van der Waals surface area (Å²) in [6.45, 7) is 6.26. The van der Waals surface area contributed by atoms with Crippen molar-refractivity contribution in [3.8, 4) is 0 Å². The minimum absolute atomic E-state index is 0.00567. The molecule has 0 aliphatic carbocycles. The second-order valence-electron chi connectivity index (χ2n) is 6.36. The van der Waals surface area contributed by atoms with Gasteiger partial charge in [0, 0.05) is 6.42 Å². The second-order valence-corrected chi connectivity index (χ2v) is 7.14. The van der Waals surface area contributed by atoms with Gasteiger partial charge < -0.3 is 5.11 Å². The smallest absolute Gasteiger partial charge is 0.305 e. The van der Waals surface area contributed by atoms with Crippen molar-refractivity contribution in [2.24, 2.45) is 5.41 Å². The highest BCUT2D eigenvalue weighted by Gasteiger charge is 2.26. The van der Waals surface area contributed by atoms with E-state index in [0.717, 1.165) is 5.56 Å². The van der Waals surface area contributed by atoms with E-state index in [1.165, 1.54) is 0 Å². The molecule has 1 unspecified atom stereocenters. The minimum Gasteiger partial charge on any atom is -0.481 e. The molecule has 2 heterocycles. The standard InChI is InChI=1S/C14H20N4O2S/c1-14(2,3)8-11(7-13(19)20)18-12(15-16-17-18)6-10-4-5-21-9-10/h4-5,9,11H,6-8H2,1-3H3,(H,19,20). The van der Waals surface area contributed by atoms with Gasteiger partial charge in [-0.2, -0.15) is 11.3 Å². The van der Waals surface area contributed by atoms with Gasteiger partial charge in [-0.15, -0.1) is 5.10 Å². The lowest BCUT2D eigenvalue weighted by Crippen LogP contribution is -2.23. The van der Waals surface area contributed by atoms with E-state index < -0.39 is 5.97 Å². The number of hydrogen-bond acceptors (Lipinski definition) is 5. The van der Waals surface area contributed by atoms with Gasteiger partial charge in [-0.1, -0.05) is 20.8 Å². The minimum atomic E-state index is -0.832. The normalized spacial score (nSPS) is 13.3. The summed E-state index contributed by atoms with van der Waals surface area (Å²) >= 11 is 1.62. The topological polar surface area (TPSA) is 80.9 Å². The largest absolute Gasteiger partial charge is 0.481 e. The average molecular weight is 308 g/mol. The zero-order valence-corrected chi connectivity index (χ0v) is 13.3. The third-order valence-electron chi connectivity index (χ3n) is 3.11. The summed E-state index contributed by atoms with van der Waals surface area (Å²) in [4.78, 5) is 11.1. The quantitative estimate of drug-likeness (QED) is 0.887. The van der Waals surface area contributed by atoms with Crippen molar-refractivity contribution in [3.63, 3.8) is 0 Å². The third-order valence-corrected chi connectivity index (χ3v) is 3.84. The lowest BCUT2D eigenvalue weighted by molar-refractivity contribution is -0.138. The highest BCUT2D eigenvalue weighted by molar-refractivity contribution is 7.07. The molecule has 0 saturated carbocycles. The van der Waals surface area contributed by atoms with Gasteiger partial charge in [0.15, 0.2) is 5.82 Å². The summed E-state index contributed by atoms with van der Waals surface area (Å²) in [6.07, 6.45) is 1.36. The van der Waals surface area contributed by atoms with E-state index >= 15 is 0 Å². The molecule has 0 aromatic carbocycles. The van der Waals surface area contributed by atoms with Gasteiger partial charge in [0.1, 0.15) is 0 Å². The molecule has 0 aliphatic heterocycles. The van der Waals surface area contributed by atoms with Gasteiger partial charge in [-0.3, -0.25) is 4.79 Å². The third kappa shape index (κ3) is 4.63. The van der Waals surface area contributed by atoms with E-state index in [4.69, 9.17) is 5.11 Å². The van der Waals surface area contributed by atoms with Crippen molar-refractivity contribution in [2.75, 3.05) is 0 Å². The molecule has 1 N–H and O–H groups in total.